The Morgan fingerprint density at radius 1 is 0.786 bits per heavy atom. The van der Waals surface area contributed by atoms with Gasteiger partial charge in [-0.05, 0) is 30.2 Å². The van der Waals surface area contributed by atoms with Gasteiger partial charge in [0.1, 0.15) is 23.7 Å². The van der Waals surface area contributed by atoms with E-state index in [0.29, 0.717) is 17.3 Å². The monoisotopic (exact) mass is 380 g/mol. The summed E-state index contributed by atoms with van der Waals surface area (Å²) in [7, 11) is 4.90. The van der Waals surface area contributed by atoms with E-state index < -0.39 is 0 Å². The zero-order chi connectivity index (χ0) is 19.8. The lowest BCUT2D eigenvalue weighted by molar-refractivity contribution is 0.355. The molecular formula is C21H24N4O3. The van der Waals surface area contributed by atoms with Crippen LogP contribution in [0.2, 0.25) is 0 Å². The van der Waals surface area contributed by atoms with E-state index in [-0.39, 0.29) is 0 Å². The summed E-state index contributed by atoms with van der Waals surface area (Å²) in [5.74, 6) is 3.64. The predicted octanol–water partition coefficient (Wildman–Crippen LogP) is 3.90. The summed E-state index contributed by atoms with van der Waals surface area (Å²) in [5.41, 5.74) is 1.99. The molecule has 0 aliphatic rings. The first kappa shape index (κ1) is 19.3. The fraction of sp³-hybridized carbons (Fsp3) is 0.238. The molecule has 0 saturated heterocycles. The first-order valence-corrected chi connectivity index (χ1v) is 8.90. The third-order valence-electron chi connectivity index (χ3n) is 4.22. The van der Waals surface area contributed by atoms with Crippen LogP contribution < -0.4 is 24.8 Å². The van der Waals surface area contributed by atoms with Crippen LogP contribution >= 0.6 is 0 Å². The van der Waals surface area contributed by atoms with Crippen molar-refractivity contribution in [2.45, 2.75) is 6.42 Å². The fourth-order valence-corrected chi connectivity index (χ4v) is 2.82. The second-order valence-corrected chi connectivity index (χ2v) is 5.97. The van der Waals surface area contributed by atoms with Gasteiger partial charge in [0.05, 0.1) is 21.3 Å². The first-order valence-electron chi connectivity index (χ1n) is 8.90. The van der Waals surface area contributed by atoms with Crippen molar-refractivity contribution in [1.82, 2.24) is 9.97 Å². The molecule has 2 aromatic carbocycles. The molecule has 0 bridgehead atoms. The highest BCUT2D eigenvalue weighted by Crippen LogP contribution is 2.31. The zero-order valence-corrected chi connectivity index (χ0v) is 16.2. The van der Waals surface area contributed by atoms with Gasteiger partial charge in [0, 0.05) is 24.4 Å². The molecule has 7 heteroatoms. The summed E-state index contributed by atoms with van der Waals surface area (Å²) in [6.07, 6.45) is 2.35. The molecule has 0 aliphatic carbocycles. The van der Waals surface area contributed by atoms with E-state index in [0.717, 1.165) is 35.8 Å². The minimum absolute atomic E-state index is 0.650. The molecule has 3 rings (SSSR count). The van der Waals surface area contributed by atoms with Crippen LogP contribution in [0.3, 0.4) is 0 Å². The number of aromatic nitrogens is 2. The molecule has 0 fully saturated rings. The quantitative estimate of drug-likeness (QED) is 0.583. The fourth-order valence-electron chi connectivity index (χ4n) is 2.82. The summed E-state index contributed by atoms with van der Waals surface area (Å²) in [5, 5.41) is 6.57. The Balaban J connectivity index is 1.62. The number of benzene rings is 2. The molecule has 1 heterocycles. The third kappa shape index (κ3) is 4.82. The maximum absolute atomic E-state index is 5.39. The molecule has 0 unspecified atom stereocenters. The number of hydrogen-bond donors (Lipinski definition) is 2. The second-order valence-electron chi connectivity index (χ2n) is 5.97. The van der Waals surface area contributed by atoms with Gasteiger partial charge in [0.25, 0.3) is 0 Å². The van der Waals surface area contributed by atoms with Crippen molar-refractivity contribution in [3.05, 3.63) is 60.4 Å². The molecule has 0 saturated carbocycles. The highest BCUT2D eigenvalue weighted by molar-refractivity contribution is 5.62. The van der Waals surface area contributed by atoms with Gasteiger partial charge in [0.15, 0.2) is 11.5 Å². The van der Waals surface area contributed by atoms with E-state index in [9.17, 15) is 0 Å². The molecule has 0 amide bonds. The maximum atomic E-state index is 5.39. The van der Waals surface area contributed by atoms with Crippen molar-refractivity contribution in [2.75, 3.05) is 38.5 Å². The minimum atomic E-state index is 0.650. The molecule has 0 aliphatic heterocycles. The number of para-hydroxylation sites is 1. The Hall–Kier alpha value is -3.48. The van der Waals surface area contributed by atoms with Crippen LogP contribution in [0.1, 0.15) is 5.56 Å². The predicted molar refractivity (Wildman–Crippen MR) is 110 cm³/mol. The Bertz CT molecular complexity index is 918. The van der Waals surface area contributed by atoms with Crippen molar-refractivity contribution >= 4 is 17.3 Å². The largest absolute Gasteiger partial charge is 0.496 e. The molecule has 3 aromatic rings. The average molecular weight is 380 g/mol. The maximum Gasteiger partial charge on any atom is 0.162 e. The number of anilines is 3. The van der Waals surface area contributed by atoms with Gasteiger partial charge in [-0.3, -0.25) is 0 Å². The summed E-state index contributed by atoms with van der Waals surface area (Å²) in [6.45, 7) is 0.729. The van der Waals surface area contributed by atoms with Crippen molar-refractivity contribution in [3.63, 3.8) is 0 Å². The molecule has 28 heavy (non-hydrogen) atoms. The van der Waals surface area contributed by atoms with E-state index >= 15 is 0 Å². The SMILES string of the molecule is COc1ccccc1CCNc1cc(Nc2ccc(OC)c(OC)c2)ncn1. The normalized spacial score (nSPS) is 10.2. The van der Waals surface area contributed by atoms with Crippen molar-refractivity contribution < 1.29 is 14.2 Å². The molecule has 1 aromatic heterocycles. The molecule has 146 valence electrons. The number of nitrogens with zero attached hydrogens (tertiary/aromatic N) is 2. The van der Waals surface area contributed by atoms with E-state index in [1.807, 2.05) is 42.5 Å². The number of methoxy groups -OCH3 is 3. The van der Waals surface area contributed by atoms with Crippen LogP contribution in [0.15, 0.2) is 54.9 Å². The molecule has 7 nitrogen and oxygen atoms in total. The lowest BCUT2D eigenvalue weighted by atomic mass is 10.1. The van der Waals surface area contributed by atoms with Crippen molar-refractivity contribution in [1.29, 1.82) is 0 Å². The van der Waals surface area contributed by atoms with E-state index in [1.165, 1.54) is 6.33 Å². The van der Waals surface area contributed by atoms with Gasteiger partial charge in [0.2, 0.25) is 0 Å². The summed E-state index contributed by atoms with van der Waals surface area (Å²) in [6, 6.07) is 15.5. The Morgan fingerprint density at radius 2 is 1.54 bits per heavy atom. The smallest absolute Gasteiger partial charge is 0.162 e. The highest BCUT2D eigenvalue weighted by Gasteiger charge is 2.06. The van der Waals surface area contributed by atoms with Crippen LogP contribution in [0.4, 0.5) is 17.3 Å². The second kappa shape index (κ2) is 9.45. The van der Waals surface area contributed by atoms with Crippen LogP contribution in [0.5, 0.6) is 17.2 Å². The number of ether oxygens (including phenoxy) is 3. The summed E-state index contributed by atoms with van der Waals surface area (Å²) in [4.78, 5) is 8.55. The van der Waals surface area contributed by atoms with E-state index in [4.69, 9.17) is 14.2 Å². The number of rotatable bonds is 9. The Kier molecular flexibility index (Phi) is 6.51. The van der Waals surface area contributed by atoms with Crippen LogP contribution in [-0.2, 0) is 6.42 Å². The summed E-state index contributed by atoms with van der Waals surface area (Å²) < 4.78 is 16.0. The number of hydrogen-bond acceptors (Lipinski definition) is 7. The Labute approximate surface area is 164 Å². The minimum Gasteiger partial charge on any atom is -0.496 e. The lowest BCUT2D eigenvalue weighted by Gasteiger charge is -2.12. The van der Waals surface area contributed by atoms with Gasteiger partial charge in [-0.1, -0.05) is 18.2 Å². The van der Waals surface area contributed by atoms with Crippen LogP contribution in [-0.4, -0.2) is 37.8 Å². The van der Waals surface area contributed by atoms with Gasteiger partial charge in [-0.2, -0.15) is 0 Å². The third-order valence-corrected chi connectivity index (χ3v) is 4.22. The zero-order valence-electron chi connectivity index (χ0n) is 16.2. The molecule has 0 radical (unpaired) electrons. The number of nitrogens with one attached hydrogen (secondary N) is 2. The highest BCUT2D eigenvalue weighted by atomic mass is 16.5. The summed E-state index contributed by atoms with van der Waals surface area (Å²) >= 11 is 0. The van der Waals surface area contributed by atoms with Crippen LogP contribution in [0.25, 0.3) is 0 Å². The van der Waals surface area contributed by atoms with Gasteiger partial charge in [-0.15, -0.1) is 0 Å². The van der Waals surface area contributed by atoms with Gasteiger partial charge in [-0.25, -0.2) is 9.97 Å². The molecular weight excluding hydrogens is 356 g/mol. The van der Waals surface area contributed by atoms with Gasteiger partial charge >= 0.3 is 0 Å². The van der Waals surface area contributed by atoms with E-state index in [1.54, 1.807) is 21.3 Å². The standard InChI is InChI=1S/C21H24N4O3/c1-26-17-7-5-4-6-15(17)10-11-22-20-13-21(24-14-23-20)25-16-8-9-18(27-2)19(12-16)28-3/h4-9,12-14H,10-11H2,1-3H3,(H2,22,23,24,25). The van der Waals surface area contributed by atoms with Crippen LogP contribution in [0, 0.1) is 0 Å². The molecule has 0 spiro atoms. The van der Waals surface area contributed by atoms with E-state index in [2.05, 4.69) is 26.7 Å². The lowest BCUT2D eigenvalue weighted by Crippen LogP contribution is -2.08. The van der Waals surface area contributed by atoms with Crippen molar-refractivity contribution in [3.8, 4) is 17.2 Å². The molecule has 2 N–H and O–H groups in total. The first-order chi connectivity index (χ1) is 13.7. The Morgan fingerprint density at radius 3 is 2.32 bits per heavy atom. The van der Waals surface area contributed by atoms with Gasteiger partial charge < -0.3 is 24.8 Å². The molecule has 0 atom stereocenters. The topological polar surface area (TPSA) is 77.5 Å². The van der Waals surface area contributed by atoms with Crippen molar-refractivity contribution in [2.24, 2.45) is 0 Å². The average Bonchev–Trinajstić information content (AvgIpc) is 2.74.